The van der Waals surface area contributed by atoms with Crippen LogP contribution in [0.2, 0.25) is 0 Å². The highest BCUT2D eigenvalue weighted by Crippen LogP contribution is 2.50. The summed E-state index contributed by atoms with van der Waals surface area (Å²) in [4.78, 5) is 47.3. The number of benzene rings is 1. The molecule has 0 amide bonds. The van der Waals surface area contributed by atoms with Gasteiger partial charge in [0.1, 0.15) is 12.2 Å². The molecule has 230 valence electrons. The van der Waals surface area contributed by atoms with Crippen LogP contribution in [-0.2, 0) is 33.3 Å². The molecule has 4 unspecified atom stereocenters. The number of hydrogen-bond acceptors (Lipinski definition) is 10. The molecule has 0 aromatic heterocycles. The third kappa shape index (κ3) is 6.27. The molecule has 4 atom stereocenters. The van der Waals surface area contributed by atoms with Gasteiger partial charge in [-0.25, -0.2) is 14.4 Å². The van der Waals surface area contributed by atoms with Gasteiger partial charge in [0, 0.05) is 34.5 Å². The van der Waals surface area contributed by atoms with Crippen molar-refractivity contribution in [1.29, 1.82) is 0 Å². The van der Waals surface area contributed by atoms with E-state index in [1.165, 1.54) is 38.0 Å². The van der Waals surface area contributed by atoms with Crippen molar-refractivity contribution >= 4 is 23.6 Å². The predicted octanol–water partition coefficient (Wildman–Crippen LogP) is 4.94. The van der Waals surface area contributed by atoms with Crippen LogP contribution in [0.5, 0.6) is 0 Å². The van der Waals surface area contributed by atoms with E-state index in [0.717, 1.165) is 25.7 Å². The van der Waals surface area contributed by atoms with Crippen LogP contribution in [0.3, 0.4) is 0 Å². The number of nitro benzene ring substituents is 1. The smallest absolute Gasteiger partial charge is 0.336 e. The maximum atomic E-state index is 12.3. The van der Waals surface area contributed by atoms with Crippen molar-refractivity contribution in [2.45, 2.75) is 77.1 Å². The SMILES string of the molecule is C=C1C(=O)OC2C1CCC(C)=CCCC1(C)OC21.COC(=O)C1=C(C)NC(C)=C(C(=O)OC)C1c1ccccc1[N+](=O)[O-]. The summed E-state index contributed by atoms with van der Waals surface area (Å²) >= 11 is 0. The number of nitrogens with zero attached hydrogens (tertiary/aromatic N) is 1. The van der Waals surface area contributed by atoms with Crippen LogP contribution in [0.25, 0.3) is 0 Å². The summed E-state index contributed by atoms with van der Waals surface area (Å²) in [6.07, 6.45) is 6.25. The highest BCUT2D eigenvalue weighted by molar-refractivity contribution is 6.00. The average molecular weight is 595 g/mol. The fourth-order valence-electron chi connectivity index (χ4n) is 6.17. The van der Waals surface area contributed by atoms with Crippen LogP contribution in [0.1, 0.15) is 64.9 Å². The molecule has 1 aromatic rings. The summed E-state index contributed by atoms with van der Waals surface area (Å²) in [5, 5.41) is 14.4. The molecule has 0 radical (unpaired) electrons. The number of nitro groups is 1. The third-order valence-corrected chi connectivity index (χ3v) is 8.59. The minimum absolute atomic E-state index is 0.0671. The number of allylic oxidation sites excluding steroid dienone is 4. The lowest BCUT2D eigenvalue weighted by atomic mass is 9.79. The first-order chi connectivity index (χ1) is 20.3. The van der Waals surface area contributed by atoms with Gasteiger partial charge in [-0.05, 0) is 53.4 Å². The Labute approximate surface area is 250 Å². The minimum Gasteiger partial charge on any atom is -0.466 e. The average Bonchev–Trinajstić information content (AvgIpc) is 3.56. The van der Waals surface area contributed by atoms with E-state index in [4.69, 9.17) is 18.9 Å². The molecule has 2 saturated heterocycles. The van der Waals surface area contributed by atoms with Crippen molar-refractivity contribution in [3.63, 3.8) is 0 Å². The molecule has 4 aliphatic rings. The first-order valence-electron chi connectivity index (χ1n) is 14.2. The Morgan fingerprint density at radius 3 is 2.28 bits per heavy atom. The second-order valence-electron chi connectivity index (χ2n) is 11.4. The summed E-state index contributed by atoms with van der Waals surface area (Å²) in [6.45, 7) is 11.5. The summed E-state index contributed by atoms with van der Waals surface area (Å²) in [5.41, 5.74) is 3.11. The van der Waals surface area contributed by atoms with Gasteiger partial charge in [-0.15, -0.1) is 0 Å². The summed E-state index contributed by atoms with van der Waals surface area (Å²) in [6, 6.07) is 5.97. The quantitative estimate of drug-likeness (QED) is 0.0967. The standard InChI is InChI=1S/C17H18N2O6.C15H20O3/c1-9-13(16(20)24-3)15(14(10(2)18-9)17(21)25-4)11-7-5-6-8-12(11)19(22)23;1-9-5-4-8-15(3)13(18-15)12-11(7-6-9)10(2)14(16)17-12/h5-8,15,18H,1-4H3;5,11-13H,2,4,6-8H2,1,3H3. The monoisotopic (exact) mass is 594 g/mol. The molecule has 2 fully saturated rings. The number of fused-ring (bicyclic) bond motifs is 3. The van der Waals surface area contributed by atoms with Gasteiger partial charge < -0.3 is 24.3 Å². The van der Waals surface area contributed by atoms with Crippen molar-refractivity contribution in [2.24, 2.45) is 5.92 Å². The maximum absolute atomic E-state index is 12.3. The molecule has 1 aliphatic carbocycles. The Kier molecular flexibility index (Phi) is 9.24. The zero-order valence-corrected chi connectivity index (χ0v) is 25.4. The van der Waals surface area contributed by atoms with E-state index >= 15 is 0 Å². The van der Waals surface area contributed by atoms with Crippen LogP contribution in [-0.4, -0.2) is 54.9 Å². The van der Waals surface area contributed by atoms with Gasteiger partial charge in [-0.2, -0.15) is 0 Å². The predicted molar refractivity (Wildman–Crippen MR) is 156 cm³/mol. The lowest BCUT2D eigenvalue weighted by molar-refractivity contribution is -0.385. The van der Waals surface area contributed by atoms with Gasteiger partial charge >= 0.3 is 17.9 Å². The normalized spacial score (nSPS) is 26.9. The van der Waals surface area contributed by atoms with Crippen LogP contribution in [0.4, 0.5) is 5.69 Å². The van der Waals surface area contributed by atoms with E-state index in [0.29, 0.717) is 17.0 Å². The molecule has 3 heterocycles. The number of epoxide rings is 1. The summed E-state index contributed by atoms with van der Waals surface area (Å²) < 4.78 is 21.0. The zero-order chi connectivity index (χ0) is 31.6. The van der Waals surface area contributed by atoms with Crippen molar-refractivity contribution in [1.82, 2.24) is 5.32 Å². The number of carbonyl (C=O) groups is 3. The Balaban J connectivity index is 0.000000206. The van der Waals surface area contributed by atoms with E-state index < -0.39 is 22.8 Å². The van der Waals surface area contributed by atoms with E-state index in [2.05, 4.69) is 31.8 Å². The van der Waals surface area contributed by atoms with E-state index in [1.54, 1.807) is 19.9 Å². The number of hydrogen-bond donors (Lipinski definition) is 1. The van der Waals surface area contributed by atoms with Gasteiger partial charge in [-0.1, -0.05) is 36.4 Å². The fraction of sp³-hybridized carbons (Fsp3) is 0.469. The van der Waals surface area contributed by atoms with Gasteiger partial charge in [0.15, 0.2) is 0 Å². The first-order valence-corrected chi connectivity index (χ1v) is 14.2. The van der Waals surface area contributed by atoms with Crippen molar-refractivity contribution in [3.8, 4) is 0 Å². The largest absolute Gasteiger partial charge is 0.466 e. The molecule has 0 saturated carbocycles. The van der Waals surface area contributed by atoms with Gasteiger partial charge in [0.25, 0.3) is 5.69 Å². The number of esters is 3. The Morgan fingerprint density at radius 2 is 1.70 bits per heavy atom. The summed E-state index contributed by atoms with van der Waals surface area (Å²) in [7, 11) is 2.42. The Hall–Kier alpha value is -4.25. The highest BCUT2D eigenvalue weighted by atomic mass is 16.6. The van der Waals surface area contributed by atoms with Crippen LogP contribution in [0.15, 0.2) is 70.6 Å². The van der Waals surface area contributed by atoms with Crippen molar-refractivity contribution in [2.75, 3.05) is 14.2 Å². The maximum Gasteiger partial charge on any atom is 0.336 e. The molecular weight excluding hydrogens is 556 g/mol. The molecule has 1 aromatic carbocycles. The molecule has 11 heteroatoms. The Bertz CT molecular complexity index is 1420. The molecule has 0 bridgehead atoms. The molecular formula is C32H38N2O9. The van der Waals surface area contributed by atoms with Crippen molar-refractivity contribution in [3.05, 3.63) is 86.3 Å². The van der Waals surface area contributed by atoms with Crippen LogP contribution in [0, 0.1) is 16.0 Å². The lowest BCUT2D eigenvalue weighted by Crippen LogP contribution is -2.32. The number of carbonyl (C=O) groups excluding carboxylic acids is 3. The number of nitrogens with one attached hydrogen (secondary N) is 1. The molecule has 0 spiro atoms. The second kappa shape index (κ2) is 12.5. The van der Waals surface area contributed by atoms with Gasteiger partial charge in [-0.3, -0.25) is 10.1 Å². The minimum atomic E-state index is -0.970. The molecule has 5 rings (SSSR count). The molecule has 3 aliphatic heterocycles. The van der Waals surface area contributed by atoms with Gasteiger partial charge in [0.2, 0.25) is 0 Å². The number of ether oxygens (including phenoxy) is 4. The second-order valence-corrected chi connectivity index (χ2v) is 11.4. The Morgan fingerprint density at radius 1 is 1.09 bits per heavy atom. The van der Waals surface area contributed by atoms with Gasteiger partial charge in [0.05, 0.1) is 41.8 Å². The molecule has 11 nitrogen and oxygen atoms in total. The van der Waals surface area contributed by atoms with Crippen LogP contribution >= 0.6 is 0 Å². The van der Waals surface area contributed by atoms with E-state index in [-0.39, 0.29) is 52.1 Å². The molecule has 1 N–H and O–H groups in total. The summed E-state index contributed by atoms with van der Waals surface area (Å²) in [5.74, 6) is -2.43. The lowest BCUT2D eigenvalue weighted by Gasteiger charge is -2.29. The highest BCUT2D eigenvalue weighted by Gasteiger charge is 2.61. The zero-order valence-electron chi connectivity index (χ0n) is 25.4. The van der Waals surface area contributed by atoms with E-state index in [9.17, 15) is 24.5 Å². The number of para-hydroxylation sites is 1. The van der Waals surface area contributed by atoms with E-state index in [1.807, 2.05) is 0 Å². The number of methoxy groups -OCH3 is 2. The van der Waals surface area contributed by atoms with Crippen molar-refractivity contribution < 1.29 is 38.3 Å². The molecule has 43 heavy (non-hydrogen) atoms. The first kappa shape index (κ1) is 31.7. The fourth-order valence-corrected chi connectivity index (χ4v) is 6.17. The third-order valence-electron chi connectivity index (χ3n) is 8.59. The van der Waals surface area contributed by atoms with Crippen LogP contribution < -0.4 is 5.32 Å². The number of dihydropyridines is 1. The topological polar surface area (TPSA) is 147 Å². The number of rotatable bonds is 4.